The standard InChI is InChI=1S/C15H22N4O5S/c1-9-12(25-15(17-9)18-14(23)16-2)13(22)19-5-3-4-10(6-19)7-24-8-11(20)21/h10H,3-8H2,1-2H3,(H,20,21)(H2,16,17,18,23). The Balaban J connectivity index is 1.97. The van der Waals surface area contributed by atoms with Crippen molar-refractivity contribution in [2.45, 2.75) is 19.8 Å². The summed E-state index contributed by atoms with van der Waals surface area (Å²) in [5, 5.41) is 14.0. The molecule has 0 saturated carbocycles. The molecule has 0 radical (unpaired) electrons. The quantitative estimate of drug-likeness (QED) is 0.691. The van der Waals surface area contributed by atoms with E-state index in [2.05, 4.69) is 15.6 Å². The van der Waals surface area contributed by atoms with Crippen molar-refractivity contribution in [2.24, 2.45) is 5.92 Å². The van der Waals surface area contributed by atoms with E-state index < -0.39 is 5.97 Å². The highest BCUT2D eigenvalue weighted by molar-refractivity contribution is 7.17. The zero-order chi connectivity index (χ0) is 18.4. The SMILES string of the molecule is CNC(=O)Nc1nc(C)c(C(=O)N2CCCC(COCC(=O)O)C2)s1. The van der Waals surface area contributed by atoms with Crippen LogP contribution in [0.3, 0.4) is 0 Å². The molecule has 25 heavy (non-hydrogen) atoms. The van der Waals surface area contributed by atoms with Crippen LogP contribution in [0.5, 0.6) is 0 Å². The van der Waals surface area contributed by atoms with Crippen molar-refractivity contribution in [3.63, 3.8) is 0 Å². The molecule has 0 spiro atoms. The van der Waals surface area contributed by atoms with Gasteiger partial charge < -0.3 is 20.1 Å². The Morgan fingerprint density at radius 3 is 2.88 bits per heavy atom. The Bertz CT molecular complexity index is 648. The largest absolute Gasteiger partial charge is 0.480 e. The van der Waals surface area contributed by atoms with Gasteiger partial charge in [0.15, 0.2) is 5.13 Å². The second kappa shape index (κ2) is 8.77. The molecule has 1 atom stereocenters. The van der Waals surface area contributed by atoms with Crippen LogP contribution in [0.25, 0.3) is 0 Å². The number of anilines is 1. The van der Waals surface area contributed by atoms with Gasteiger partial charge in [-0.05, 0) is 25.7 Å². The maximum absolute atomic E-state index is 12.7. The Morgan fingerprint density at radius 2 is 2.20 bits per heavy atom. The predicted molar refractivity (Wildman–Crippen MR) is 92.0 cm³/mol. The Kier molecular flexibility index (Phi) is 6.71. The molecule has 2 rings (SSSR count). The molecule has 138 valence electrons. The van der Waals surface area contributed by atoms with E-state index in [1.54, 1.807) is 11.8 Å². The zero-order valence-corrected chi connectivity index (χ0v) is 15.0. The monoisotopic (exact) mass is 370 g/mol. The van der Waals surface area contributed by atoms with Crippen molar-refractivity contribution in [2.75, 3.05) is 38.7 Å². The summed E-state index contributed by atoms with van der Waals surface area (Å²) in [4.78, 5) is 41.1. The molecule has 1 unspecified atom stereocenters. The molecule has 1 aliphatic rings. The summed E-state index contributed by atoms with van der Waals surface area (Å²) in [5.74, 6) is -1.00. The van der Waals surface area contributed by atoms with Crippen LogP contribution in [0.2, 0.25) is 0 Å². The smallest absolute Gasteiger partial charge is 0.329 e. The molecule has 1 aromatic heterocycles. The summed E-state index contributed by atoms with van der Waals surface area (Å²) in [7, 11) is 1.50. The summed E-state index contributed by atoms with van der Waals surface area (Å²) < 4.78 is 5.15. The van der Waals surface area contributed by atoms with Crippen LogP contribution in [0, 0.1) is 12.8 Å². The molecule has 1 fully saturated rings. The van der Waals surface area contributed by atoms with Crippen molar-refractivity contribution in [3.05, 3.63) is 10.6 Å². The molecule has 0 aromatic carbocycles. The third kappa shape index (κ3) is 5.40. The maximum Gasteiger partial charge on any atom is 0.329 e. The van der Waals surface area contributed by atoms with Crippen LogP contribution in [0.4, 0.5) is 9.93 Å². The normalized spacial score (nSPS) is 17.2. The number of likely N-dealkylation sites (tertiary alicyclic amines) is 1. The first-order valence-electron chi connectivity index (χ1n) is 7.95. The third-order valence-corrected chi connectivity index (χ3v) is 4.88. The minimum absolute atomic E-state index is 0.119. The highest BCUT2D eigenvalue weighted by Gasteiger charge is 2.27. The van der Waals surface area contributed by atoms with Crippen molar-refractivity contribution in [3.8, 4) is 0 Å². The summed E-state index contributed by atoms with van der Waals surface area (Å²) in [6.07, 6.45) is 1.74. The van der Waals surface area contributed by atoms with Crippen molar-refractivity contribution in [1.82, 2.24) is 15.2 Å². The summed E-state index contributed by atoms with van der Waals surface area (Å²) in [6, 6.07) is -0.388. The van der Waals surface area contributed by atoms with Crippen molar-refractivity contribution < 1.29 is 24.2 Å². The number of aromatic nitrogens is 1. The number of aryl methyl sites for hydroxylation is 1. The first-order valence-corrected chi connectivity index (χ1v) is 8.77. The highest BCUT2D eigenvalue weighted by Crippen LogP contribution is 2.26. The number of carboxylic acid groups (broad SMARTS) is 1. The molecule has 1 aromatic rings. The fourth-order valence-electron chi connectivity index (χ4n) is 2.65. The Labute approximate surface area is 149 Å². The molecular formula is C15H22N4O5S. The van der Waals surface area contributed by atoms with E-state index in [-0.39, 0.29) is 24.5 Å². The number of aliphatic carboxylic acids is 1. The molecular weight excluding hydrogens is 348 g/mol. The number of piperidine rings is 1. The zero-order valence-electron chi connectivity index (χ0n) is 14.2. The van der Waals surface area contributed by atoms with Crippen LogP contribution < -0.4 is 10.6 Å². The fourth-order valence-corrected chi connectivity index (χ4v) is 3.58. The van der Waals surface area contributed by atoms with E-state index in [9.17, 15) is 14.4 Å². The lowest BCUT2D eigenvalue weighted by Crippen LogP contribution is -2.41. The van der Waals surface area contributed by atoms with Crippen molar-refractivity contribution in [1.29, 1.82) is 0 Å². The van der Waals surface area contributed by atoms with E-state index in [0.29, 0.717) is 35.4 Å². The number of ether oxygens (including phenoxy) is 1. The minimum atomic E-state index is -1.000. The predicted octanol–water partition coefficient (Wildman–Crippen LogP) is 1.16. The summed E-state index contributed by atoms with van der Waals surface area (Å²) in [5.41, 5.74) is 0.575. The lowest BCUT2D eigenvalue weighted by molar-refractivity contribution is -0.142. The van der Waals surface area contributed by atoms with Gasteiger partial charge in [-0.3, -0.25) is 10.1 Å². The van der Waals surface area contributed by atoms with Gasteiger partial charge in [0, 0.05) is 20.1 Å². The van der Waals surface area contributed by atoms with Gasteiger partial charge in [0.1, 0.15) is 11.5 Å². The van der Waals surface area contributed by atoms with E-state index in [0.717, 1.165) is 24.2 Å². The maximum atomic E-state index is 12.7. The number of urea groups is 1. The molecule has 2 heterocycles. The highest BCUT2D eigenvalue weighted by atomic mass is 32.1. The topological polar surface area (TPSA) is 121 Å². The number of thiazole rings is 1. The summed E-state index contributed by atoms with van der Waals surface area (Å²) >= 11 is 1.14. The van der Waals surface area contributed by atoms with Gasteiger partial charge in [-0.1, -0.05) is 11.3 Å². The number of nitrogens with zero attached hydrogens (tertiary/aromatic N) is 2. The average molecular weight is 370 g/mol. The summed E-state index contributed by atoms with van der Waals surface area (Å²) in [6.45, 7) is 2.89. The molecule has 9 nitrogen and oxygen atoms in total. The number of rotatable bonds is 6. The second-order valence-electron chi connectivity index (χ2n) is 5.81. The number of carbonyl (C=O) groups excluding carboxylic acids is 2. The van der Waals surface area contributed by atoms with Gasteiger partial charge in [-0.2, -0.15) is 0 Å². The van der Waals surface area contributed by atoms with Gasteiger partial charge >= 0.3 is 12.0 Å². The Morgan fingerprint density at radius 1 is 1.44 bits per heavy atom. The number of amides is 3. The minimum Gasteiger partial charge on any atom is -0.480 e. The average Bonchev–Trinajstić information content (AvgIpc) is 2.94. The fraction of sp³-hybridized carbons (Fsp3) is 0.600. The van der Waals surface area contributed by atoms with Gasteiger partial charge in [0.05, 0.1) is 12.3 Å². The lowest BCUT2D eigenvalue weighted by atomic mass is 9.99. The number of hydrogen-bond donors (Lipinski definition) is 3. The van der Waals surface area contributed by atoms with E-state index >= 15 is 0 Å². The lowest BCUT2D eigenvalue weighted by Gasteiger charge is -2.32. The van der Waals surface area contributed by atoms with E-state index in [4.69, 9.17) is 9.84 Å². The van der Waals surface area contributed by atoms with Crippen LogP contribution in [-0.4, -0.2) is 66.2 Å². The van der Waals surface area contributed by atoms with Gasteiger partial charge in [0.25, 0.3) is 5.91 Å². The molecule has 1 saturated heterocycles. The third-order valence-electron chi connectivity index (χ3n) is 3.82. The first kappa shape index (κ1) is 19.1. The van der Waals surface area contributed by atoms with E-state index in [1.807, 2.05) is 0 Å². The number of nitrogens with one attached hydrogen (secondary N) is 2. The van der Waals surface area contributed by atoms with Crippen LogP contribution >= 0.6 is 11.3 Å². The molecule has 1 aliphatic heterocycles. The molecule has 0 aliphatic carbocycles. The van der Waals surface area contributed by atoms with Crippen LogP contribution in [0.15, 0.2) is 0 Å². The van der Waals surface area contributed by atoms with Gasteiger partial charge in [0.2, 0.25) is 0 Å². The molecule has 10 heteroatoms. The molecule has 3 amide bonds. The first-order chi connectivity index (χ1) is 11.9. The molecule has 3 N–H and O–H groups in total. The van der Waals surface area contributed by atoms with Crippen molar-refractivity contribution >= 4 is 34.4 Å². The van der Waals surface area contributed by atoms with Gasteiger partial charge in [-0.25, -0.2) is 14.6 Å². The number of carboxylic acids is 1. The Hall–Kier alpha value is -2.20. The molecule has 0 bridgehead atoms. The van der Waals surface area contributed by atoms with E-state index in [1.165, 1.54) is 7.05 Å². The number of hydrogen-bond acceptors (Lipinski definition) is 6. The number of carbonyl (C=O) groups is 3. The van der Waals surface area contributed by atoms with Crippen LogP contribution in [-0.2, 0) is 9.53 Å². The van der Waals surface area contributed by atoms with Gasteiger partial charge in [-0.15, -0.1) is 0 Å². The second-order valence-corrected chi connectivity index (χ2v) is 6.81. The van der Waals surface area contributed by atoms with Crippen LogP contribution in [0.1, 0.15) is 28.2 Å².